The number of nitrogens with one attached hydrogen (secondary N) is 2. The zero-order valence-electron chi connectivity index (χ0n) is 12.9. The van der Waals surface area contributed by atoms with Gasteiger partial charge in [0.25, 0.3) is 0 Å². The van der Waals surface area contributed by atoms with Crippen LogP contribution in [0.5, 0.6) is 0 Å². The highest BCUT2D eigenvalue weighted by molar-refractivity contribution is 7.99. The number of carbonyl (C=O) groups is 2. The van der Waals surface area contributed by atoms with E-state index >= 15 is 0 Å². The summed E-state index contributed by atoms with van der Waals surface area (Å²) in [6, 6.07) is 12.3. The number of carbonyl (C=O) groups excluding carboxylic acids is 2. The minimum atomic E-state index is -0.161. The van der Waals surface area contributed by atoms with Crippen LogP contribution < -0.4 is 10.6 Å². The van der Waals surface area contributed by atoms with Crippen molar-refractivity contribution in [2.24, 2.45) is 0 Å². The van der Waals surface area contributed by atoms with Crippen LogP contribution in [0.25, 0.3) is 0 Å². The fraction of sp³-hybridized carbons (Fsp3) is 0.176. The van der Waals surface area contributed by atoms with Gasteiger partial charge in [-0.05, 0) is 35.9 Å². The number of rotatable bonds is 6. The first-order valence-electron chi connectivity index (χ1n) is 7.14. The molecule has 0 aliphatic heterocycles. The lowest BCUT2D eigenvalue weighted by molar-refractivity contribution is -0.114. The van der Waals surface area contributed by atoms with E-state index in [0.717, 1.165) is 5.56 Å². The van der Waals surface area contributed by atoms with Crippen LogP contribution in [0.15, 0.2) is 42.5 Å². The van der Waals surface area contributed by atoms with Gasteiger partial charge in [-0.15, -0.1) is 11.8 Å². The van der Waals surface area contributed by atoms with Crippen molar-refractivity contribution in [2.75, 3.05) is 16.4 Å². The topological polar surface area (TPSA) is 58.2 Å². The van der Waals surface area contributed by atoms with Crippen LogP contribution in [-0.2, 0) is 15.3 Å². The summed E-state index contributed by atoms with van der Waals surface area (Å²) in [4.78, 5) is 23.1. The van der Waals surface area contributed by atoms with Gasteiger partial charge >= 0.3 is 0 Å². The molecule has 0 aliphatic carbocycles. The SMILES string of the molecule is CC(=O)Nc1cccc(NC(=O)CSCc2c(Cl)cccc2Cl)c1. The maximum atomic E-state index is 12.0. The van der Waals surface area contributed by atoms with Crippen LogP contribution in [0, 0.1) is 0 Å². The summed E-state index contributed by atoms with van der Waals surface area (Å²) < 4.78 is 0. The first-order valence-corrected chi connectivity index (χ1v) is 9.05. The van der Waals surface area contributed by atoms with E-state index in [1.807, 2.05) is 0 Å². The zero-order valence-corrected chi connectivity index (χ0v) is 15.3. The van der Waals surface area contributed by atoms with E-state index in [0.29, 0.717) is 27.2 Å². The molecule has 0 fully saturated rings. The Balaban J connectivity index is 1.86. The normalized spacial score (nSPS) is 10.3. The molecule has 0 spiro atoms. The van der Waals surface area contributed by atoms with Gasteiger partial charge in [-0.2, -0.15) is 0 Å². The fourth-order valence-electron chi connectivity index (χ4n) is 1.99. The van der Waals surface area contributed by atoms with Crippen LogP contribution in [-0.4, -0.2) is 17.6 Å². The average Bonchev–Trinajstić information content (AvgIpc) is 2.50. The predicted octanol–water partition coefficient (Wildman–Crippen LogP) is 4.82. The molecule has 0 heterocycles. The lowest BCUT2D eigenvalue weighted by atomic mass is 10.2. The number of hydrogen-bond acceptors (Lipinski definition) is 3. The minimum absolute atomic E-state index is 0.136. The van der Waals surface area contributed by atoms with Crippen LogP contribution in [0.2, 0.25) is 10.0 Å². The molecule has 126 valence electrons. The van der Waals surface area contributed by atoms with Crippen molar-refractivity contribution < 1.29 is 9.59 Å². The molecule has 2 aromatic rings. The highest BCUT2D eigenvalue weighted by Crippen LogP contribution is 2.28. The third-order valence-corrected chi connectivity index (χ3v) is 4.68. The molecule has 0 atom stereocenters. The Labute approximate surface area is 154 Å². The second-order valence-electron chi connectivity index (χ2n) is 5.00. The van der Waals surface area contributed by atoms with Crippen molar-refractivity contribution in [2.45, 2.75) is 12.7 Å². The van der Waals surface area contributed by atoms with Crippen molar-refractivity contribution in [3.05, 3.63) is 58.1 Å². The van der Waals surface area contributed by atoms with Gasteiger partial charge in [-0.3, -0.25) is 9.59 Å². The summed E-state index contributed by atoms with van der Waals surface area (Å²) >= 11 is 13.6. The summed E-state index contributed by atoms with van der Waals surface area (Å²) in [5, 5.41) is 6.66. The van der Waals surface area contributed by atoms with E-state index in [1.54, 1.807) is 42.5 Å². The van der Waals surface area contributed by atoms with E-state index in [4.69, 9.17) is 23.2 Å². The van der Waals surface area contributed by atoms with Gasteiger partial charge in [-0.1, -0.05) is 35.3 Å². The van der Waals surface area contributed by atoms with Gasteiger partial charge in [0.05, 0.1) is 5.75 Å². The van der Waals surface area contributed by atoms with Crippen molar-refractivity contribution in [3.8, 4) is 0 Å². The van der Waals surface area contributed by atoms with E-state index in [9.17, 15) is 9.59 Å². The summed E-state index contributed by atoms with van der Waals surface area (Å²) in [6.07, 6.45) is 0. The maximum absolute atomic E-state index is 12.0. The van der Waals surface area contributed by atoms with Crippen LogP contribution in [0.3, 0.4) is 0 Å². The lowest BCUT2D eigenvalue weighted by Gasteiger charge is -2.09. The molecule has 0 saturated heterocycles. The van der Waals surface area contributed by atoms with Gasteiger partial charge in [0, 0.05) is 34.1 Å². The Morgan fingerprint density at radius 1 is 1.00 bits per heavy atom. The molecule has 2 aromatic carbocycles. The van der Waals surface area contributed by atoms with Crippen molar-refractivity contribution in [3.63, 3.8) is 0 Å². The molecule has 0 saturated carbocycles. The molecule has 0 bridgehead atoms. The quantitative estimate of drug-likeness (QED) is 0.752. The maximum Gasteiger partial charge on any atom is 0.234 e. The Hall–Kier alpha value is -1.69. The highest BCUT2D eigenvalue weighted by atomic mass is 35.5. The van der Waals surface area contributed by atoms with Crippen LogP contribution in [0.1, 0.15) is 12.5 Å². The minimum Gasteiger partial charge on any atom is -0.326 e. The Kier molecular flexibility index (Phi) is 6.97. The van der Waals surface area contributed by atoms with Gasteiger partial charge < -0.3 is 10.6 Å². The number of hydrogen-bond donors (Lipinski definition) is 2. The number of amides is 2. The number of halogens is 2. The third-order valence-electron chi connectivity index (χ3n) is 3.01. The summed E-state index contributed by atoms with van der Waals surface area (Å²) in [5.41, 5.74) is 2.09. The lowest BCUT2D eigenvalue weighted by Crippen LogP contribution is -2.14. The highest BCUT2D eigenvalue weighted by Gasteiger charge is 2.08. The molecular formula is C17H16Cl2N2O2S. The van der Waals surface area contributed by atoms with Gasteiger partial charge in [0.2, 0.25) is 11.8 Å². The molecule has 2 rings (SSSR count). The smallest absolute Gasteiger partial charge is 0.234 e. The first-order chi connectivity index (χ1) is 11.5. The fourth-order valence-corrected chi connectivity index (χ4v) is 3.56. The summed E-state index contributed by atoms with van der Waals surface area (Å²) in [5.74, 6) is 0.526. The number of anilines is 2. The second kappa shape index (κ2) is 8.97. The Bertz CT molecular complexity index is 733. The van der Waals surface area contributed by atoms with Gasteiger partial charge in [0.15, 0.2) is 0 Å². The van der Waals surface area contributed by atoms with Gasteiger partial charge in [0.1, 0.15) is 0 Å². The molecule has 2 N–H and O–H groups in total. The summed E-state index contributed by atoms with van der Waals surface area (Å²) in [6.45, 7) is 1.43. The molecule has 24 heavy (non-hydrogen) atoms. The predicted molar refractivity (Wildman–Crippen MR) is 102 cm³/mol. The van der Waals surface area contributed by atoms with Crippen molar-refractivity contribution in [1.29, 1.82) is 0 Å². The van der Waals surface area contributed by atoms with Crippen LogP contribution in [0.4, 0.5) is 11.4 Å². The molecule has 0 radical (unpaired) electrons. The molecule has 0 aliphatic rings. The molecule has 0 aromatic heterocycles. The number of benzene rings is 2. The molecule has 0 unspecified atom stereocenters. The zero-order chi connectivity index (χ0) is 17.5. The third kappa shape index (κ3) is 5.74. The molecule has 4 nitrogen and oxygen atoms in total. The molecular weight excluding hydrogens is 367 g/mol. The van der Waals surface area contributed by atoms with Gasteiger partial charge in [-0.25, -0.2) is 0 Å². The van der Waals surface area contributed by atoms with E-state index < -0.39 is 0 Å². The number of thioether (sulfide) groups is 1. The molecule has 7 heteroatoms. The van der Waals surface area contributed by atoms with Crippen molar-refractivity contribution in [1.82, 2.24) is 0 Å². The largest absolute Gasteiger partial charge is 0.326 e. The van der Waals surface area contributed by atoms with E-state index in [-0.39, 0.29) is 17.6 Å². The first kappa shape index (κ1) is 18.6. The Morgan fingerprint density at radius 3 is 2.21 bits per heavy atom. The average molecular weight is 383 g/mol. The van der Waals surface area contributed by atoms with E-state index in [1.165, 1.54) is 18.7 Å². The molecule has 2 amide bonds. The summed E-state index contributed by atoms with van der Waals surface area (Å²) in [7, 11) is 0. The Morgan fingerprint density at radius 2 is 1.58 bits per heavy atom. The van der Waals surface area contributed by atoms with Crippen LogP contribution >= 0.6 is 35.0 Å². The second-order valence-corrected chi connectivity index (χ2v) is 6.80. The van der Waals surface area contributed by atoms with Crippen molar-refractivity contribution >= 4 is 58.2 Å². The standard InChI is InChI=1S/C17H16Cl2N2O2S/c1-11(22)20-12-4-2-5-13(8-12)21-17(23)10-24-9-14-15(18)6-3-7-16(14)19/h2-8H,9-10H2,1H3,(H,20,22)(H,21,23). The van der Waals surface area contributed by atoms with E-state index in [2.05, 4.69) is 10.6 Å². The monoisotopic (exact) mass is 382 g/mol.